The van der Waals surface area contributed by atoms with E-state index in [0.717, 1.165) is 0 Å². The van der Waals surface area contributed by atoms with Crippen molar-refractivity contribution in [3.05, 3.63) is 0 Å². The average molecular weight is 347 g/mol. The molecule has 0 aromatic rings. The lowest BCUT2D eigenvalue weighted by molar-refractivity contribution is 0.116. The minimum Gasteiger partial charge on any atom is -0.0533 e. The summed E-state index contributed by atoms with van der Waals surface area (Å²) in [4.78, 5) is 0. The third kappa shape index (κ3) is 7.64. The fraction of sp³-hybridized carbons (Fsp3) is 1.00. The monoisotopic (exact) mass is 346 g/mol. The van der Waals surface area contributed by atoms with Crippen LogP contribution in [0.3, 0.4) is 0 Å². The topological polar surface area (TPSA) is 0 Å². The number of hydrogen-bond donors (Lipinski definition) is 0. The lowest BCUT2D eigenvalue weighted by Crippen LogP contribution is -2.28. The van der Waals surface area contributed by atoms with E-state index in [1.807, 2.05) is 0 Å². The summed E-state index contributed by atoms with van der Waals surface area (Å²) in [7, 11) is 0. The maximum absolute atomic E-state index is 1.58. The summed E-state index contributed by atoms with van der Waals surface area (Å²) < 4.78 is 0. The summed E-state index contributed by atoms with van der Waals surface area (Å²) in [5.41, 5.74) is 0. The molecule has 0 heteroatoms. The first-order valence-electron chi connectivity index (χ1n) is 12.4. The predicted octanol–water partition coefficient (Wildman–Crippen LogP) is 8.68. The van der Waals surface area contributed by atoms with Crippen molar-refractivity contribution in [1.82, 2.24) is 0 Å². The van der Waals surface area contributed by atoms with Crippen LogP contribution in [0.1, 0.15) is 135 Å². The van der Waals surface area contributed by atoms with E-state index in [0.29, 0.717) is 0 Å². The summed E-state index contributed by atoms with van der Waals surface area (Å²) >= 11 is 0. The van der Waals surface area contributed by atoms with Crippen LogP contribution in [0.4, 0.5) is 0 Å². The highest BCUT2D eigenvalue weighted by atomic mass is 14.4. The minimum absolute atomic E-state index is 1.17. The fourth-order valence-electron chi connectivity index (χ4n) is 6.16. The van der Waals surface area contributed by atoms with Crippen molar-refractivity contribution in [2.24, 2.45) is 23.7 Å². The minimum atomic E-state index is 1.17. The normalized spacial score (nSPS) is 37.4. The number of fused-ring (bicyclic) bond motifs is 4. The number of hydrogen-bond acceptors (Lipinski definition) is 0. The summed E-state index contributed by atoms with van der Waals surface area (Å²) in [6.45, 7) is 0. The van der Waals surface area contributed by atoms with E-state index in [4.69, 9.17) is 0 Å². The van der Waals surface area contributed by atoms with E-state index in [9.17, 15) is 0 Å². The highest BCUT2D eigenvalue weighted by Crippen LogP contribution is 2.45. The molecule has 7 fully saturated rings. The van der Waals surface area contributed by atoms with Gasteiger partial charge in [-0.25, -0.2) is 0 Å². The van der Waals surface area contributed by atoms with Crippen LogP contribution in [-0.2, 0) is 0 Å². The SMILES string of the molecule is C1CC2CC(C1)C2.C1CC2CCC1C2.C1CCCC1.C1CCCCC1. The Hall–Kier alpha value is 0. The molecule has 0 amide bonds. The highest BCUT2D eigenvalue weighted by molar-refractivity contribution is 4.84. The van der Waals surface area contributed by atoms with E-state index < -0.39 is 0 Å². The first kappa shape index (κ1) is 19.8. The van der Waals surface area contributed by atoms with Crippen LogP contribution >= 0.6 is 0 Å². The van der Waals surface area contributed by atoms with E-state index in [1.165, 1.54) is 101 Å². The second kappa shape index (κ2) is 11.7. The molecule has 0 aliphatic heterocycles. The smallest absolute Gasteiger partial charge is 0.0409 e. The second-order valence-electron chi connectivity index (χ2n) is 10.1. The molecule has 0 atom stereocenters. The third-order valence-corrected chi connectivity index (χ3v) is 7.94. The highest BCUT2D eigenvalue weighted by Gasteiger charge is 2.32. The molecule has 0 aromatic heterocycles. The van der Waals surface area contributed by atoms with Gasteiger partial charge in [0.1, 0.15) is 0 Å². The lowest BCUT2D eigenvalue weighted by Gasteiger charge is -2.40. The molecule has 7 aliphatic carbocycles. The van der Waals surface area contributed by atoms with Crippen LogP contribution in [-0.4, -0.2) is 0 Å². The molecule has 25 heavy (non-hydrogen) atoms. The van der Waals surface area contributed by atoms with Crippen LogP contribution in [0.25, 0.3) is 0 Å². The van der Waals surface area contributed by atoms with Crippen LogP contribution in [0.15, 0.2) is 0 Å². The van der Waals surface area contributed by atoms with Crippen LogP contribution in [0, 0.1) is 23.7 Å². The van der Waals surface area contributed by atoms with Gasteiger partial charge in [-0.3, -0.25) is 0 Å². The van der Waals surface area contributed by atoms with E-state index in [2.05, 4.69) is 0 Å². The zero-order chi connectivity index (χ0) is 17.2. The molecule has 146 valence electrons. The predicted molar refractivity (Wildman–Crippen MR) is 111 cm³/mol. The van der Waals surface area contributed by atoms with Crippen LogP contribution < -0.4 is 0 Å². The van der Waals surface area contributed by atoms with Gasteiger partial charge in [0.15, 0.2) is 0 Å². The molecule has 0 N–H and O–H groups in total. The fourth-order valence-corrected chi connectivity index (χ4v) is 6.16. The average Bonchev–Trinajstić information content (AvgIpc) is 3.45. The Bertz CT molecular complexity index is 268. The molecular formula is C25H46. The van der Waals surface area contributed by atoms with Crippen molar-refractivity contribution >= 4 is 0 Å². The van der Waals surface area contributed by atoms with Crippen molar-refractivity contribution in [1.29, 1.82) is 0 Å². The first-order chi connectivity index (χ1) is 12.4. The zero-order valence-corrected chi connectivity index (χ0v) is 17.2. The Morgan fingerprint density at radius 1 is 0.240 bits per heavy atom. The molecular weight excluding hydrogens is 300 g/mol. The molecule has 0 radical (unpaired) electrons. The molecule has 0 aromatic carbocycles. The molecule has 0 unspecified atom stereocenters. The van der Waals surface area contributed by atoms with Crippen molar-refractivity contribution in [2.75, 3.05) is 0 Å². The van der Waals surface area contributed by atoms with Gasteiger partial charge in [0, 0.05) is 0 Å². The number of rotatable bonds is 0. The summed E-state index contributed by atoms with van der Waals surface area (Å²) in [5, 5.41) is 0. The molecule has 0 nitrogen and oxygen atoms in total. The molecule has 0 saturated heterocycles. The summed E-state index contributed by atoms with van der Waals surface area (Å²) in [6.07, 6.45) is 32.1. The Balaban J connectivity index is 0.0000000982. The molecule has 7 aliphatic rings. The van der Waals surface area contributed by atoms with E-state index >= 15 is 0 Å². The van der Waals surface area contributed by atoms with Crippen molar-refractivity contribution in [2.45, 2.75) is 135 Å². The Morgan fingerprint density at radius 3 is 0.640 bits per heavy atom. The van der Waals surface area contributed by atoms with Crippen LogP contribution in [0.5, 0.6) is 0 Å². The van der Waals surface area contributed by atoms with Crippen molar-refractivity contribution in [3.8, 4) is 0 Å². The Labute approximate surface area is 158 Å². The maximum atomic E-state index is 1.58. The molecule has 7 saturated carbocycles. The second-order valence-corrected chi connectivity index (χ2v) is 10.1. The zero-order valence-electron chi connectivity index (χ0n) is 17.2. The summed E-state index contributed by atoms with van der Waals surface area (Å²) in [6, 6.07) is 0. The van der Waals surface area contributed by atoms with Gasteiger partial charge >= 0.3 is 0 Å². The van der Waals surface area contributed by atoms with Gasteiger partial charge in [-0.1, -0.05) is 116 Å². The molecule has 7 rings (SSSR count). The van der Waals surface area contributed by atoms with E-state index in [-0.39, 0.29) is 0 Å². The molecule has 0 heterocycles. The van der Waals surface area contributed by atoms with Crippen LogP contribution in [0.2, 0.25) is 0 Å². The summed E-state index contributed by atoms with van der Waals surface area (Å²) in [5.74, 6) is 4.70. The van der Waals surface area contributed by atoms with Gasteiger partial charge < -0.3 is 0 Å². The molecule has 4 bridgehead atoms. The lowest BCUT2D eigenvalue weighted by atomic mass is 9.65. The first-order valence-corrected chi connectivity index (χ1v) is 12.4. The molecule has 0 spiro atoms. The van der Waals surface area contributed by atoms with Gasteiger partial charge in [-0.15, -0.1) is 0 Å². The Kier molecular flexibility index (Phi) is 9.21. The van der Waals surface area contributed by atoms with Gasteiger partial charge in [0.05, 0.1) is 0 Å². The van der Waals surface area contributed by atoms with Gasteiger partial charge in [-0.05, 0) is 42.9 Å². The van der Waals surface area contributed by atoms with Crippen molar-refractivity contribution in [3.63, 3.8) is 0 Å². The van der Waals surface area contributed by atoms with E-state index in [1.54, 1.807) is 57.8 Å². The van der Waals surface area contributed by atoms with Gasteiger partial charge in [-0.2, -0.15) is 0 Å². The Morgan fingerprint density at radius 2 is 0.520 bits per heavy atom. The van der Waals surface area contributed by atoms with Gasteiger partial charge in [0.2, 0.25) is 0 Å². The maximum Gasteiger partial charge on any atom is -0.0409 e. The standard InChI is InChI=1S/2C7H12.C6H12.C5H10/c1-2-7-4-3-6(1)5-7;1-2-6-4-7(3-1)5-6;1-2-4-6-5-3-1;1-2-4-5-3-1/h2*6-7H,1-5H2;1-6H2;1-5H2. The van der Waals surface area contributed by atoms with Crippen molar-refractivity contribution < 1.29 is 0 Å². The third-order valence-electron chi connectivity index (χ3n) is 7.94. The largest absolute Gasteiger partial charge is 0.0533 e. The van der Waals surface area contributed by atoms with Gasteiger partial charge in [0.25, 0.3) is 0 Å². The quantitative estimate of drug-likeness (QED) is 0.411.